The van der Waals surface area contributed by atoms with Crippen LogP contribution in [0.15, 0.2) is 0 Å². The van der Waals surface area contributed by atoms with Crippen molar-refractivity contribution in [3.05, 3.63) is 0 Å². The van der Waals surface area contributed by atoms with Crippen LogP contribution < -0.4 is 5.73 Å². The molecule has 2 N–H and O–H groups in total. The van der Waals surface area contributed by atoms with Gasteiger partial charge in [-0.15, -0.1) is 5.92 Å². The third-order valence-electron chi connectivity index (χ3n) is 1.24. The average Bonchev–Trinajstić information content (AvgIpc) is 1.87. The van der Waals surface area contributed by atoms with Crippen LogP contribution in [-0.2, 0) is 0 Å². The zero-order chi connectivity index (χ0) is 7.82. The van der Waals surface area contributed by atoms with E-state index in [1.165, 1.54) is 19.3 Å². The Bertz CT molecular complexity index is 116. The number of hydrogen-bond acceptors (Lipinski definition) is 1. The van der Waals surface area contributed by atoms with Crippen molar-refractivity contribution in [3.63, 3.8) is 0 Å². The van der Waals surface area contributed by atoms with Crippen molar-refractivity contribution >= 4 is 0 Å². The number of nitrogens with two attached hydrogens (primary N) is 1. The minimum Gasteiger partial charge on any atom is -0.318 e. The Morgan fingerprint density at radius 3 is 2.60 bits per heavy atom. The van der Waals surface area contributed by atoms with E-state index >= 15 is 0 Å². The summed E-state index contributed by atoms with van der Waals surface area (Å²) in [6, 6.07) is 0.0432. The summed E-state index contributed by atoms with van der Waals surface area (Å²) in [6.07, 6.45) is 4.78. The van der Waals surface area contributed by atoms with Crippen molar-refractivity contribution < 1.29 is 0 Å². The topological polar surface area (TPSA) is 26.0 Å². The first-order valence-corrected chi connectivity index (χ1v) is 4.01. The second-order valence-electron chi connectivity index (χ2n) is 2.57. The zero-order valence-electron chi connectivity index (χ0n) is 6.98. The van der Waals surface area contributed by atoms with Crippen LogP contribution in [-0.4, -0.2) is 6.04 Å². The van der Waals surface area contributed by atoms with E-state index in [2.05, 4.69) is 18.8 Å². The van der Waals surface area contributed by atoms with E-state index in [4.69, 9.17) is 5.73 Å². The summed E-state index contributed by atoms with van der Waals surface area (Å²) in [5, 5.41) is 0. The molecular formula is C9H17N. The molecule has 0 aliphatic heterocycles. The van der Waals surface area contributed by atoms with Crippen LogP contribution in [0.3, 0.4) is 0 Å². The van der Waals surface area contributed by atoms with Crippen LogP contribution in [0.1, 0.15) is 39.5 Å². The standard InChI is InChI=1S/C9H17N/c1-3-4-5-6-7-8-9(2)10/h9H,3-6,10H2,1-2H3. The molecule has 0 saturated carbocycles. The van der Waals surface area contributed by atoms with Crippen LogP contribution >= 0.6 is 0 Å². The normalized spacial score (nSPS) is 11.9. The van der Waals surface area contributed by atoms with Crippen molar-refractivity contribution in [1.29, 1.82) is 0 Å². The molecule has 0 saturated heterocycles. The number of rotatable bonds is 3. The first kappa shape index (κ1) is 9.52. The van der Waals surface area contributed by atoms with Gasteiger partial charge in [0.1, 0.15) is 0 Å². The second kappa shape index (κ2) is 6.64. The van der Waals surface area contributed by atoms with Crippen LogP contribution in [0.2, 0.25) is 0 Å². The lowest BCUT2D eigenvalue weighted by Crippen LogP contribution is -2.10. The van der Waals surface area contributed by atoms with Gasteiger partial charge in [0.05, 0.1) is 6.04 Å². The van der Waals surface area contributed by atoms with Gasteiger partial charge in [0.25, 0.3) is 0 Å². The number of unbranched alkanes of at least 4 members (excludes halogenated alkanes) is 3. The smallest absolute Gasteiger partial charge is 0.0635 e. The molecule has 0 heterocycles. The van der Waals surface area contributed by atoms with E-state index in [0.29, 0.717) is 0 Å². The Kier molecular flexibility index (Phi) is 6.32. The maximum atomic E-state index is 5.43. The van der Waals surface area contributed by atoms with E-state index in [9.17, 15) is 0 Å². The van der Waals surface area contributed by atoms with Crippen molar-refractivity contribution in [2.75, 3.05) is 0 Å². The molecule has 0 amide bonds. The van der Waals surface area contributed by atoms with E-state index in [1.807, 2.05) is 6.92 Å². The maximum absolute atomic E-state index is 5.43. The molecule has 0 aromatic heterocycles. The van der Waals surface area contributed by atoms with Gasteiger partial charge in [-0.2, -0.15) is 0 Å². The first-order chi connectivity index (χ1) is 4.77. The minimum absolute atomic E-state index is 0.0432. The zero-order valence-corrected chi connectivity index (χ0v) is 6.98. The van der Waals surface area contributed by atoms with Gasteiger partial charge in [0, 0.05) is 6.42 Å². The molecule has 1 atom stereocenters. The molecule has 0 aliphatic carbocycles. The van der Waals surface area contributed by atoms with Crippen molar-refractivity contribution in [3.8, 4) is 11.8 Å². The summed E-state index contributed by atoms with van der Waals surface area (Å²) in [5.74, 6) is 5.98. The van der Waals surface area contributed by atoms with E-state index in [-0.39, 0.29) is 6.04 Å². The monoisotopic (exact) mass is 139 g/mol. The lowest BCUT2D eigenvalue weighted by molar-refractivity contribution is 0.736. The van der Waals surface area contributed by atoms with Gasteiger partial charge in [-0.3, -0.25) is 0 Å². The summed E-state index contributed by atoms with van der Waals surface area (Å²) in [4.78, 5) is 0. The van der Waals surface area contributed by atoms with Gasteiger partial charge in [-0.25, -0.2) is 0 Å². The summed E-state index contributed by atoms with van der Waals surface area (Å²) in [6.45, 7) is 4.10. The Labute approximate surface area is 64.0 Å². The molecule has 1 unspecified atom stereocenters. The van der Waals surface area contributed by atoms with Crippen LogP contribution in [0.4, 0.5) is 0 Å². The molecule has 0 aromatic rings. The molecule has 0 rings (SSSR count). The second-order valence-corrected chi connectivity index (χ2v) is 2.57. The molecule has 0 fully saturated rings. The average molecular weight is 139 g/mol. The maximum Gasteiger partial charge on any atom is 0.0635 e. The third kappa shape index (κ3) is 7.52. The minimum atomic E-state index is 0.0432. The van der Waals surface area contributed by atoms with Crippen molar-refractivity contribution in [1.82, 2.24) is 0 Å². The molecule has 0 aromatic carbocycles. The van der Waals surface area contributed by atoms with Crippen molar-refractivity contribution in [2.24, 2.45) is 5.73 Å². The van der Waals surface area contributed by atoms with Gasteiger partial charge < -0.3 is 5.73 Å². The Morgan fingerprint density at radius 1 is 1.40 bits per heavy atom. The highest BCUT2D eigenvalue weighted by molar-refractivity contribution is 5.04. The molecular weight excluding hydrogens is 122 g/mol. The van der Waals surface area contributed by atoms with E-state index < -0.39 is 0 Å². The van der Waals surface area contributed by atoms with Crippen LogP contribution in [0.25, 0.3) is 0 Å². The predicted octanol–water partition coefficient (Wildman–Crippen LogP) is 1.92. The van der Waals surface area contributed by atoms with Gasteiger partial charge in [0.2, 0.25) is 0 Å². The molecule has 58 valence electrons. The number of hydrogen-bond donors (Lipinski definition) is 1. The Morgan fingerprint density at radius 2 is 2.10 bits per heavy atom. The fourth-order valence-electron chi connectivity index (χ4n) is 0.697. The molecule has 0 aliphatic rings. The van der Waals surface area contributed by atoms with Crippen molar-refractivity contribution in [2.45, 2.75) is 45.6 Å². The van der Waals surface area contributed by atoms with Crippen LogP contribution in [0, 0.1) is 11.8 Å². The largest absolute Gasteiger partial charge is 0.318 e. The third-order valence-corrected chi connectivity index (χ3v) is 1.24. The van der Waals surface area contributed by atoms with E-state index in [1.54, 1.807) is 0 Å². The van der Waals surface area contributed by atoms with Gasteiger partial charge in [-0.1, -0.05) is 25.7 Å². The summed E-state index contributed by atoms with van der Waals surface area (Å²) in [7, 11) is 0. The molecule has 0 spiro atoms. The Hall–Kier alpha value is -0.480. The fourth-order valence-corrected chi connectivity index (χ4v) is 0.697. The van der Waals surface area contributed by atoms with Crippen LogP contribution in [0.5, 0.6) is 0 Å². The molecule has 10 heavy (non-hydrogen) atoms. The lowest BCUT2D eigenvalue weighted by Gasteiger charge is -1.90. The van der Waals surface area contributed by atoms with Gasteiger partial charge in [0.15, 0.2) is 0 Å². The lowest BCUT2D eigenvalue weighted by atomic mass is 10.2. The van der Waals surface area contributed by atoms with Gasteiger partial charge in [-0.05, 0) is 13.3 Å². The molecule has 1 heteroatoms. The van der Waals surface area contributed by atoms with E-state index in [0.717, 1.165) is 6.42 Å². The predicted molar refractivity (Wildman–Crippen MR) is 45.6 cm³/mol. The quantitative estimate of drug-likeness (QED) is 0.469. The van der Waals surface area contributed by atoms with Gasteiger partial charge >= 0.3 is 0 Å². The molecule has 0 radical (unpaired) electrons. The highest BCUT2D eigenvalue weighted by Gasteiger charge is 1.82. The summed E-state index contributed by atoms with van der Waals surface area (Å²) in [5.41, 5.74) is 5.43. The fraction of sp³-hybridized carbons (Fsp3) is 0.778. The SMILES string of the molecule is CCCCCC#CC(C)N. The highest BCUT2D eigenvalue weighted by Crippen LogP contribution is 1.96. The Balaban J connectivity index is 3.12. The molecule has 0 bridgehead atoms. The highest BCUT2D eigenvalue weighted by atomic mass is 14.6. The molecule has 1 nitrogen and oxygen atoms in total. The summed E-state index contributed by atoms with van der Waals surface area (Å²) < 4.78 is 0. The summed E-state index contributed by atoms with van der Waals surface area (Å²) >= 11 is 0. The first-order valence-electron chi connectivity index (χ1n) is 4.01.